The predicted molar refractivity (Wildman–Crippen MR) is 127 cm³/mol. The number of piperidine rings is 1. The molecule has 1 aliphatic rings. The number of aryl methyl sites for hydroxylation is 1. The average molecular weight is 435 g/mol. The zero-order valence-electron chi connectivity index (χ0n) is 19.6. The van der Waals surface area contributed by atoms with E-state index in [-0.39, 0.29) is 23.6 Å². The zero-order valence-corrected chi connectivity index (χ0v) is 19.6. The molecule has 2 atom stereocenters. The van der Waals surface area contributed by atoms with Crippen LogP contribution in [0, 0.1) is 25.2 Å². The molecule has 6 heteroatoms. The van der Waals surface area contributed by atoms with Crippen molar-refractivity contribution in [2.45, 2.75) is 52.2 Å². The molecule has 0 radical (unpaired) electrons. The van der Waals surface area contributed by atoms with Gasteiger partial charge in [-0.3, -0.25) is 9.69 Å². The second kappa shape index (κ2) is 11.1. The lowest BCUT2D eigenvalue weighted by Gasteiger charge is -2.33. The second-order valence-corrected chi connectivity index (χ2v) is 8.70. The van der Waals surface area contributed by atoms with E-state index in [1.165, 1.54) is 5.56 Å². The number of carbonyl (C=O) groups is 1. The topological polar surface area (TPSA) is 70.3 Å². The fraction of sp³-hybridized carbons (Fsp3) is 0.462. The van der Waals surface area contributed by atoms with Crippen molar-refractivity contribution in [3.05, 3.63) is 64.5 Å². The summed E-state index contributed by atoms with van der Waals surface area (Å²) in [4.78, 5) is 15.3. The van der Waals surface area contributed by atoms with Crippen LogP contribution in [-0.2, 0) is 16.1 Å². The Balaban J connectivity index is 1.68. The highest BCUT2D eigenvalue weighted by Gasteiger charge is 2.23. The lowest BCUT2D eigenvalue weighted by molar-refractivity contribution is -0.118. The minimum Gasteiger partial charge on any atom is -0.383 e. The van der Waals surface area contributed by atoms with Crippen LogP contribution in [0.5, 0.6) is 0 Å². The molecule has 1 N–H and O–H groups in total. The third-order valence-electron chi connectivity index (χ3n) is 6.13. The molecule has 1 fully saturated rings. The standard InChI is InChI=1S/C26H34N4O2/c1-19-13-23(21(3)30(19)20(2)18-32-4)14-24(15-27)26(31)28-25-11-8-12-29(17-25)16-22-9-6-5-7-10-22/h5-7,9-10,13-14,20,25H,8,11-12,16-18H2,1-4H3,(H,28,31)/b24-14-. The van der Waals surface area contributed by atoms with Gasteiger partial charge in [-0.1, -0.05) is 30.3 Å². The quantitative estimate of drug-likeness (QED) is 0.504. The Morgan fingerprint density at radius 1 is 1.34 bits per heavy atom. The van der Waals surface area contributed by atoms with E-state index < -0.39 is 0 Å². The van der Waals surface area contributed by atoms with Crippen LogP contribution in [0.1, 0.15) is 48.3 Å². The molecule has 1 aromatic carbocycles. The van der Waals surface area contributed by atoms with Gasteiger partial charge in [0.15, 0.2) is 0 Å². The number of hydrogen-bond acceptors (Lipinski definition) is 4. The lowest BCUT2D eigenvalue weighted by Crippen LogP contribution is -2.47. The van der Waals surface area contributed by atoms with Crippen LogP contribution in [0.15, 0.2) is 42.0 Å². The number of hydrogen-bond donors (Lipinski definition) is 1. The fourth-order valence-corrected chi connectivity index (χ4v) is 4.67. The van der Waals surface area contributed by atoms with Gasteiger partial charge >= 0.3 is 0 Å². The van der Waals surface area contributed by atoms with Crippen LogP contribution in [0.2, 0.25) is 0 Å². The first-order valence-electron chi connectivity index (χ1n) is 11.3. The van der Waals surface area contributed by atoms with E-state index in [1.807, 2.05) is 26.0 Å². The SMILES string of the molecule is COCC(C)n1c(C)cc(/C=C(/C#N)C(=O)NC2CCCN(Cc3ccccc3)C2)c1C. The van der Waals surface area contributed by atoms with Crippen molar-refractivity contribution < 1.29 is 9.53 Å². The molecular formula is C26H34N4O2. The summed E-state index contributed by atoms with van der Waals surface area (Å²) in [5.41, 5.74) is 4.42. The minimum atomic E-state index is -0.297. The van der Waals surface area contributed by atoms with Gasteiger partial charge in [0.2, 0.25) is 0 Å². The highest BCUT2D eigenvalue weighted by Crippen LogP contribution is 2.23. The number of likely N-dealkylation sites (tertiary alicyclic amines) is 1. The Morgan fingerprint density at radius 2 is 2.09 bits per heavy atom. The van der Waals surface area contributed by atoms with E-state index in [9.17, 15) is 10.1 Å². The van der Waals surface area contributed by atoms with E-state index in [0.717, 1.165) is 49.4 Å². The molecule has 6 nitrogen and oxygen atoms in total. The molecule has 0 bridgehead atoms. The Bertz CT molecular complexity index is 987. The normalized spacial score (nSPS) is 18.2. The maximum Gasteiger partial charge on any atom is 0.262 e. The van der Waals surface area contributed by atoms with Crippen molar-refractivity contribution in [3.8, 4) is 6.07 Å². The molecule has 2 heterocycles. The van der Waals surface area contributed by atoms with Gasteiger partial charge in [-0.05, 0) is 63.4 Å². The predicted octanol–water partition coefficient (Wildman–Crippen LogP) is 4.00. The van der Waals surface area contributed by atoms with E-state index in [4.69, 9.17) is 4.74 Å². The first-order valence-corrected chi connectivity index (χ1v) is 11.3. The third kappa shape index (κ3) is 5.87. The third-order valence-corrected chi connectivity index (χ3v) is 6.13. The summed E-state index contributed by atoms with van der Waals surface area (Å²) in [6, 6.07) is 14.7. The summed E-state index contributed by atoms with van der Waals surface area (Å²) < 4.78 is 7.48. The maximum absolute atomic E-state index is 12.9. The second-order valence-electron chi connectivity index (χ2n) is 8.70. The molecule has 0 saturated carbocycles. The van der Waals surface area contributed by atoms with Gasteiger partial charge in [0, 0.05) is 37.6 Å². The highest BCUT2D eigenvalue weighted by molar-refractivity contribution is 6.02. The Kier molecular flexibility index (Phi) is 8.26. The zero-order chi connectivity index (χ0) is 23.1. The molecule has 0 aliphatic carbocycles. The molecule has 2 unspecified atom stereocenters. The van der Waals surface area contributed by atoms with Crippen LogP contribution in [0.25, 0.3) is 6.08 Å². The minimum absolute atomic E-state index is 0.0471. The van der Waals surface area contributed by atoms with Crippen LogP contribution in [0.3, 0.4) is 0 Å². The van der Waals surface area contributed by atoms with Gasteiger partial charge in [0.25, 0.3) is 5.91 Å². The molecule has 1 aromatic heterocycles. The van der Waals surface area contributed by atoms with E-state index in [1.54, 1.807) is 13.2 Å². The largest absolute Gasteiger partial charge is 0.383 e. The molecule has 3 rings (SSSR count). The van der Waals surface area contributed by atoms with Gasteiger partial charge in [-0.25, -0.2) is 0 Å². The van der Waals surface area contributed by atoms with Crippen LogP contribution < -0.4 is 5.32 Å². The van der Waals surface area contributed by atoms with Crippen molar-refractivity contribution in [3.63, 3.8) is 0 Å². The summed E-state index contributed by atoms with van der Waals surface area (Å²) in [6.45, 7) is 9.44. The number of methoxy groups -OCH3 is 1. The number of amides is 1. The number of ether oxygens (including phenoxy) is 1. The first-order chi connectivity index (χ1) is 15.4. The van der Waals surface area contributed by atoms with Crippen LogP contribution in [-0.4, -0.2) is 48.2 Å². The Labute approximate surface area is 191 Å². The van der Waals surface area contributed by atoms with Crippen LogP contribution in [0.4, 0.5) is 0 Å². The first kappa shape index (κ1) is 23.8. The smallest absolute Gasteiger partial charge is 0.262 e. The van der Waals surface area contributed by atoms with Crippen LogP contribution >= 0.6 is 0 Å². The lowest BCUT2D eigenvalue weighted by atomic mass is 10.0. The summed E-state index contributed by atoms with van der Waals surface area (Å²) in [6.07, 6.45) is 3.67. The summed E-state index contributed by atoms with van der Waals surface area (Å²) in [5.74, 6) is -0.297. The molecule has 1 saturated heterocycles. The van der Waals surface area contributed by atoms with Crippen molar-refractivity contribution in [1.29, 1.82) is 5.26 Å². The maximum atomic E-state index is 12.9. The molecule has 1 aliphatic heterocycles. The van der Waals surface area contributed by atoms with Crippen molar-refractivity contribution in [2.75, 3.05) is 26.8 Å². The number of benzene rings is 1. The summed E-state index contributed by atoms with van der Waals surface area (Å²) >= 11 is 0. The highest BCUT2D eigenvalue weighted by atomic mass is 16.5. The van der Waals surface area contributed by atoms with Crippen molar-refractivity contribution >= 4 is 12.0 Å². The van der Waals surface area contributed by atoms with E-state index in [2.05, 4.69) is 52.0 Å². The number of nitrogens with zero attached hydrogens (tertiary/aromatic N) is 3. The number of carbonyl (C=O) groups excluding carboxylic acids is 1. The van der Waals surface area contributed by atoms with E-state index >= 15 is 0 Å². The molecule has 1 amide bonds. The van der Waals surface area contributed by atoms with Gasteiger partial charge < -0.3 is 14.6 Å². The summed E-state index contributed by atoms with van der Waals surface area (Å²) in [7, 11) is 1.69. The Hall–Kier alpha value is -2.88. The number of nitriles is 1. The number of aromatic nitrogens is 1. The van der Waals surface area contributed by atoms with Crippen molar-refractivity contribution in [2.24, 2.45) is 0 Å². The van der Waals surface area contributed by atoms with Gasteiger partial charge in [-0.2, -0.15) is 5.26 Å². The molecule has 170 valence electrons. The van der Waals surface area contributed by atoms with Gasteiger partial charge in [0.1, 0.15) is 11.6 Å². The molecular weight excluding hydrogens is 400 g/mol. The van der Waals surface area contributed by atoms with Gasteiger partial charge in [0.05, 0.1) is 12.6 Å². The summed E-state index contributed by atoms with van der Waals surface area (Å²) in [5, 5.41) is 12.8. The molecule has 32 heavy (non-hydrogen) atoms. The molecule has 2 aromatic rings. The van der Waals surface area contributed by atoms with Gasteiger partial charge in [-0.15, -0.1) is 0 Å². The van der Waals surface area contributed by atoms with E-state index in [0.29, 0.717) is 6.61 Å². The number of rotatable bonds is 8. The fourth-order valence-electron chi connectivity index (χ4n) is 4.67. The number of nitrogens with one attached hydrogen (secondary N) is 1. The monoisotopic (exact) mass is 434 g/mol. The average Bonchev–Trinajstić information content (AvgIpc) is 3.05. The molecule has 0 spiro atoms. The Morgan fingerprint density at radius 3 is 2.78 bits per heavy atom. The van der Waals surface area contributed by atoms with Crippen molar-refractivity contribution in [1.82, 2.24) is 14.8 Å².